The molecular weight excluding hydrogens is 498 g/mol. The molecule has 0 aliphatic rings. The number of aromatic nitrogens is 2. The van der Waals surface area contributed by atoms with Gasteiger partial charge in [-0.25, -0.2) is 4.98 Å². The molecule has 2 aromatic carbocycles. The summed E-state index contributed by atoms with van der Waals surface area (Å²) in [6.45, 7) is 8.95. The SMILES string of the molecule is CCc1nc2ccc(Br)cc2c(=O)n1N=Cc1ccc(OCC(C)(C)C)c(Br)c1. The van der Waals surface area contributed by atoms with Crippen LogP contribution >= 0.6 is 31.9 Å². The van der Waals surface area contributed by atoms with Crippen molar-refractivity contribution in [1.29, 1.82) is 0 Å². The first-order valence-electron chi connectivity index (χ1n) is 9.36. The number of hydrogen-bond donors (Lipinski definition) is 0. The van der Waals surface area contributed by atoms with E-state index in [4.69, 9.17) is 4.74 Å². The highest BCUT2D eigenvalue weighted by molar-refractivity contribution is 9.10. The fourth-order valence-electron chi connectivity index (χ4n) is 2.68. The number of aryl methyl sites for hydroxylation is 1. The van der Waals surface area contributed by atoms with E-state index in [1.807, 2.05) is 37.3 Å². The average molecular weight is 521 g/mol. The molecule has 3 rings (SSSR count). The van der Waals surface area contributed by atoms with Crippen LogP contribution in [0.5, 0.6) is 5.75 Å². The van der Waals surface area contributed by atoms with Gasteiger partial charge in [0.15, 0.2) is 0 Å². The normalized spacial score (nSPS) is 12.1. The van der Waals surface area contributed by atoms with E-state index in [2.05, 4.69) is 62.7 Å². The summed E-state index contributed by atoms with van der Waals surface area (Å²) in [6.07, 6.45) is 2.26. The Morgan fingerprint density at radius 1 is 1.17 bits per heavy atom. The highest BCUT2D eigenvalue weighted by atomic mass is 79.9. The Hall–Kier alpha value is -1.99. The molecule has 1 aromatic heterocycles. The third kappa shape index (κ3) is 5.34. The molecule has 29 heavy (non-hydrogen) atoms. The highest BCUT2D eigenvalue weighted by Crippen LogP contribution is 2.27. The van der Waals surface area contributed by atoms with Crippen LogP contribution < -0.4 is 10.3 Å². The maximum atomic E-state index is 12.9. The third-order valence-corrected chi connectivity index (χ3v) is 5.24. The Morgan fingerprint density at radius 3 is 2.59 bits per heavy atom. The van der Waals surface area contributed by atoms with Crippen molar-refractivity contribution < 1.29 is 4.74 Å². The molecule has 0 unspecified atom stereocenters. The Balaban J connectivity index is 1.93. The van der Waals surface area contributed by atoms with Crippen molar-refractivity contribution in [3.05, 3.63) is 67.1 Å². The van der Waals surface area contributed by atoms with Crippen LogP contribution in [0.15, 0.2) is 55.2 Å². The smallest absolute Gasteiger partial charge is 0.282 e. The Kier molecular flexibility index (Phi) is 6.58. The van der Waals surface area contributed by atoms with Gasteiger partial charge in [-0.15, -0.1) is 0 Å². The molecule has 0 N–H and O–H groups in total. The standard InChI is InChI=1S/C22H23Br2N3O2/c1-5-20-26-18-8-7-15(23)11-16(18)21(28)27(20)25-12-14-6-9-19(17(24)10-14)29-13-22(2,3)4/h6-12H,5,13H2,1-4H3. The number of hydrogen-bond acceptors (Lipinski definition) is 4. The number of nitrogens with zero attached hydrogens (tertiary/aromatic N) is 3. The first-order chi connectivity index (χ1) is 13.7. The van der Waals surface area contributed by atoms with Crippen molar-refractivity contribution in [3.8, 4) is 5.75 Å². The summed E-state index contributed by atoms with van der Waals surface area (Å²) in [5, 5.41) is 4.95. The van der Waals surface area contributed by atoms with Gasteiger partial charge in [0.2, 0.25) is 0 Å². The summed E-state index contributed by atoms with van der Waals surface area (Å²) in [4.78, 5) is 17.5. The van der Waals surface area contributed by atoms with Crippen molar-refractivity contribution in [2.75, 3.05) is 6.61 Å². The maximum absolute atomic E-state index is 12.9. The first kappa shape index (κ1) is 21.7. The number of rotatable bonds is 5. The van der Waals surface area contributed by atoms with Crippen LogP contribution in [-0.4, -0.2) is 22.5 Å². The summed E-state index contributed by atoms with van der Waals surface area (Å²) >= 11 is 6.96. The van der Waals surface area contributed by atoms with Gasteiger partial charge in [-0.3, -0.25) is 4.79 Å². The summed E-state index contributed by atoms with van der Waals surface area (Å²) in [5.41, 5.74) is 1.41. The molecule has 0 atom stereocenters. The first-order valence-corrected chi connectivity index (χ1v) is 10.9. The van der Waals surface area contributed by atoms with Crippen molar-refractivity contribution in [2.45, 2.75) is 34.1 Å². The predicted octanol–water partition coefficient (Wildman–Crippen LogP) is 5.79. The molecule has 0 saturated heterocycles. The molecule has 0 fully saturated rings. The summed E-state index contributed by atoms with van der Waals surface area (Å²) in [5.74, 6) is 1.39. The van der Waals surface area contributed by atoms with Gasteiger partial charge in [-0.05, 0) is 63.3 Å². The summed E-state index contributed by atoms with van der Waals surface area (Å²) in [7, 11) is 0. The van der Waals surface area contributed by atoms with Crippen LogP contribution in [0.25, 0.3) is 10.9 Å². The number of ether oxygens (including phenoxy) is 1. The molecule has 152 valence electrons. The number of benzene rings is 2. The van der Waals surface area contributed by atoms with E-state index < -0.39 is 0 Å². The van der Waals surface area contributed by atoms with E-state index in [0.29, 0.717) is 29.8 Å². The molecule has 7 heteroatoms. The van der Waals surface area contributed by atoms with Crippen LogP contribution in [-0.2, 0) is 6.42 Å². The summed E-state index contributed by atoms with van der Waals surface area (Å²) in [6, 6.07) is 11.2. The Bertz CT molecular complexity index is 1130. The monoisotopic (exact) mass is 519 g/mol. The summed E-state index contributed by atoms with van der Waals surface area (Å²) < 4.78 is 8.91. The minimum absolute atomic E-state index is 0.0787. The van der Waals surface area contributed by atoms with E-state index in [9.17, 15) is 4.79 Å². The van der Waals surface area contributed by atoms with Crippen molar-refractivity contribution in [1.82, 2.24) is 9.66 Å². The van der Waals surface area contributed by atoms with Crippen molar-refractivity contribution in [3.63, 3.8) is 0 Å². The largest absolute Gasteiger partial charge is 0.492 e. The third-order valence-electron chi connectivity index (χ3n) is 4.13. The zero-order chi connectivity index (χ0) is 21.2. The average Bonchev–Trinajstić information content (AvgIpc) is 2.66. The molecule has 0 bridgehead atoms. The molecule has 0 amide bonds. The van der Waals surface area contributed by atoms with Gasteiger partial charge in [0.1, 0.15) is 11.6 Å². The fourth-order valence-corrected chi connectivity index (χ4v) is 3.55. The molecule has 5 nitrogen and oxygen atoms in total. The topological polar surface area (TPSA) is 56.5 Å². The molecule has 0 aliphatic heterocycles. The lowest BCUT2D eigenvalue weighted by atomic mass is 9.99. The second-order valence-corrected chi connectivity index (χ2v) is 9.71. The zero-order valence-corrected chi connectivity index (χ0v) is 20.0. The van der Waals surface area contributed by atoms with Gasteiger partial charge in [0.25, 0.3) is 5.56 Å². The van der Waals surface area contributed by atoms with E-state index >= 15 is 0 Å². The second-order valence-electron chi connectivity index (χ2n) is 7.94. The van der Waals surface area contributed by atoms with E-state index in [1.54, 1.807) is 12.3 Å². The van der Waals surface area contributed by atoms with E-state index in [-0.39, 0.29) is 11.0 Å². The number of halogens is 2. The van der Waals surface area contributed by atoms with Crippen LogP contribution in [0.3, 0.4) is 0 Å². The quantitative estimate of drug-likeness (QED) is 0.400. The number of fused-ring (bicyclic) bond motifs is 1. The van der Waals surface area contributed by atoms with Crippen LogP contribution in [0.1, 0.15) is 39.1 Å². The molecule has 1 heterocycles. The van der Waals surface area contributed by atoms with Gasteiger partial charge >= 0.3 is 0 Å². The highest BCUT2D eigenvalue weighted by Gasteiger charge is 2.13. The lowest BCUT2D eigenvalue weighted by Gasteiger charge is -2.19. The van der Waals surface area contributed by atoms with Crippen LogP contribution in [0, 0.1) is 5.41 Å². The minimum Gasteiger partial charge on any atom is -0.492 e. The zero-order valence-electron chi connectivity index (χ0n) is 16.9. The molecule has 0 saturated carbocycles. The van der Waals surface area contributed by atoms with Crippen molar-refractivity contribution in [2.24, 2.45) is 10.5 Å². The van der Waals surface area contributed by atoms with Gasteiger partial charge in [0, 0.05) is 10.9 Å². The Labute approximate surface area is 187 Å². The van der Waals surface area contributed by atoms with Gasteiger partial charge in [0.05, 0.1) is 28.2 Å². The van der Waals surface area contributed by atoms with Gasteiger partial charge in [-0.1, -0.05) is 43.6 Å². The maximum Gasteiger partial charge on any atom is 0.282 e. The Morgan fingerprint density at radius 2 is 1.93 bits per heavy atom. The van der Waals surface area contributed by atoms with Crippen LogP contribution in [0.4, 0.5) is 0 Å². The molecular formula is C22H23Br2N3O2. The minimum atomic E-state index is -0.186. The second kappa shape index (κ2) is 8.79. The fraction of sp³-hybridized carbons (Fsp3) is 0.318. The van der Waals surface area contributed by atoms with Crippen LogP contribution in [0.2, 0.25) is 0 Å². The predicted molar refractivity (Wildman–Crippen MR) is 125 cm³/mol. The van der Waals surface area contributed by atoms with Gasteiger partial charge in [-0.2, -0.15) is 9.78 Å². The molecule has 0 aliphatic carbocycles. The molecule has 0 radical (unpaired) electrons. The van der Waals surface area contributed by atoms with E-state index in [1.165, 1.54) is 4.68 Å². The lowest BCUT2D eigenvalue weighted by Crippen LogP contribution is -2.22. The lowest BCUT2D eigenvalue weighted by molar-refractivity contribution is 0.197. The van der Waals surface area contributed by atoms with Gasteiger partial charge < -0.3 is 4.74 Å². The van der Waals surface area contributed by atoms with E-state index in [0.717, 1.165) is 20.3 Å². The molecule has 3 aromatic rings. The molecule has 0 spiro atoms. The van der Waals surface area contributed by atoms with Crippen molar-refractivity contribution >= 4 is 49.0 Å².